The Morgan fingerprint density at radius 1 is 1.42 bits per heavy atom. The second kappa shape index (κ2) is 5.11. The molecule has 1 heterocycles. The van der Waals surface area contributed by atoms with Gasteiger partial charge in [0.25, 0.3) is 5.56 Å². The molecule has 0 radical (unpaired) electrons. The van der Waals surface area contributed by atoms with E-state index in [4.69, 9.17) is 5.73 Å². The van der Waals surface area contributed by atoms with Gasteiger partial charge in [-0.25, -0.2) is 4.79 Å². The first-order valence-electron chi connectivity index (χ1n) is 6.87. The Hall–Kier alpha value is -1.72. The number of unbranched alkanes of at least 4 members (excludes halogenated alkanes) is 1. The Morgan fingerprint density at radius 2 is 2.11 bits per heavy atom. The van der Waals surface area contributed by atoms with E-state index in [-0.39, 0.29) is 11.4 Å². The van der Waals surface area contributed by atoms with E-state index >= 15 is 0 Å². The maximum Gasteiger partial charge on any atom is 0.330 e. The number of aromatic nitrogens is 2. The molecule has 1 aliphatic carbocycles. The largest absolute Gasteiger partial charge is 0.383 e. The fraction of sp³-hybridized carbons (Fsp3) is 0.692. The van der Waals surface area contributed by atoms with Crippen LogP contribution in [0.2, 0.25) is 0 Å². The topological polar surface area (TPSA) is 92.9 Å². The number of anilines is 2. The monoisotopic (exact) mass is 266 g/mol. The van der Waals surface area contributed by atoms with Crippen LogP contribution in [-0.2, 0) is 6.54 Å². The molecule has 106 valence electrons. The molecule has 0 aliphatic heterocycles. The molecule has 0 saturated heterocycles. The summed E-state index contributed by atoms with van der Waals surface area (Å²) < 4.78 is 1.44. The van der Waals surface area contributed by atoms with Gasteiger partial charge in [0.05, 0.1) is 0 Å². The maximum absolute atomic E-state index is 11.9. The summed E-state index contributed by atoms with van der Waals surface area (Å²) in [5.41, 5.74) is 5.39. The van der Waals surface area contributed by atoms with Crippen molar-refractivity contribution in [3.8, 4) is 0 Å². The van der Waals surface area contributed by atoms with Gasteiger partial charge in [0, 0.05) is 12.1 Å². The van der Waals surface area contributed by atoms with Gasteiger partial charge in [0.1, 0.15) is 11.5 Å². The van der Waals surface area contributed by atoms with E-state index in [0.29, 0.717) is 12.2 Å². The second-order valence-corrected chi connectivity index (χ2v) is 5.56. The molecule has 0 spiro atoms. The van der Waals surface area contributed by atoms with Gasteiger partial charge in [-0.05, 0) is 32.6 Å². The van der Waals surface area contributed by atoms with Crippen LogP contribution >= 0.6 is 0 Å². The molecular weight excluding hydrogens is 244 g/mol. The molecule has 19 heavy (non-hydrogen) atoms. The van der Waals surface area contributed by atoms with Gasteiger partial charge in [-0.3, -0.25) is 14.3 Å². The van der Waals surface area contributed by atoms with Crippen molar-refractivity contribution >= 4 is 11.5 Å². The summed E-state index contributed by atoms with van der Waals surface area (Å²) in [6, 6.07) is 0. The van der Waals surface area contributed by atoms with Crippen molar-refractivity contribution in [2.45, 2.75) is 58.0 Å². The quantitative estimate of drug-likeness (QED) is 0.748. The number of hydrogen-bond donors (Lipinski definition) is 3. The van der Waals surface area contributed by atoms with Gasteiger partial charge < -0.3 is 11.1 Å². The first kappa shape index (κ1) is 13.7. The van der Waals surface area contributed by atoms with E-state index in [1.807, 2.05) is 6.92 Å². The van der Waals surface area contributed by atoms with Crippen molar-refractivity contribution < 1.29 is 0 Å². The Labute approximate surface area is 112 Å². The summed E-state index contributed by atoms with van der Waals surface area (Å²) in [6.45, 7) is 4.64. The lowest BCUT2D eigenvalue weighted by Gasteiger charge is -2.40. The molecule has 0 atom stereocenters. The molecule has 1 saturated carbocycles. The van der Waals surface area contributed by atoms with Crippen LogP contribution in [0.1, 0.15) is 46.0 Å². The third-order valence-electron chi connectivity index (χ3n) is 3.86. The average molecular weight is 266 g/mol. The fourth-order valence-electron chi connectivity index (χ4n) is 2.38. The Morgan fingerprint density at radius 3 is 2.63 bits per heavy atom. The molecule has 1 aromatic heterocycles. The summed E-state index contributed by atoms with van der Waals surface area (Å²) in [4.78, 5) is 26.0. The SMILES string of the molecule is CCCCn1c(N)c(NC2(C)CCC2)c(=O)[nH]c1=O. The van der Waals surface area contributed by atoms with E-state index in [1.54, 1.807) is 0 Å². The number of rotatable bonds is 5. The molecule has 6 nitrogen and oxygen atoms in total. The van der Waals surface area contributed by atoms with Gasteiger partial charge in [-0.15, -0.1) is 0 Å². The minimum atomic E-state index is -0.430. The van der Waals surface area contributed by atoms with Gasteiger partial charge in [0.2, 0.25) is 0 Å². The van der Waals surface area contributed by atoms with Crippen molar-refractivity contribution in [1.82, 2.24) is 9.55 Å². The molecule has 2 rings (SSSR count). The predicted molar refractivity (Wildman–Crippen MR) is 76.5 cm³/mol. The van der Waals surface area contributed by atoms with Crippen molar-refractivity contribution in [2.75, 3.05) is 11.1 Å². The maximum atomic E-state index is 11.9. The molecule has 0 bridgehead atoms. The van der Waals surface area contributed by atoms with Crippen LogP contribution in [0.4, 0.5) is 11.5 Å². The van der Waals surface area contributed by atoms with Crippen LogP contribution in [0.3, 0.4) is 0 Å². The zero-order valence-electron chi connectivity index (χ0n) is 11.6. The highest BCUT2D eigenvalue weighted by Gasteiger charge is 2.33. The molecule has 1 aromatic rings. The van der Waals surface area contributed by atoms with Gasteiger partial charge in [0.15, 0.2) is 0 Å². The molecular formula is C13H22N4O2. The van der Waals surface area contributed by atoms with E-state index in [2.05, 4.69) is 17.2 Å². The molecule has 1 fully saturated rings. The van der Waals surface area contributed by atoms with Crippen LogP contribution in [0.15, 0.2) is 9.59 Å². The molecule has 6 heteroatoms. The van der Waals surface area contributed by atoms with Crippen molar-refractivity contribution in [1.29, 1.82) is 0 Å². The normalized spacial score (nSPS) is 16.9. The molecule has 0 unspecified atom stereocenters. The van der Waals surface area contributed by atoms with Crippen LogP contribution in [0, 0.1) is 0 Å². The third-order valence-corrected chi connectivity index (χ3v) is 3.86. The van der Waals surface area contributed by atoms with Crippen LogP contribution in [-0.4, -0.2) is 15.1 Å². The van der Waals surface area contributed by atoms with Crippen molar-refractivity contribution in [2.24, 2.45) is 0 Å². The summed E-state index contributed by atoms with van der Waals surface area (Å²) in [5.74, 6) is 0.246. The average Bonchev–Trinajstić information content (AvgIpc) is 2.32. The Kier molecular flexibility index (Phi) is 3.68. The molecule has 4 N–H and O–H groups in total. The Balaban J connectivity index is 2.37. The first-order valence-corrected chi connectivity index (χ1v) is 6.87. The highest BCUT2D eigenvalue weighted by atomic mass is 16.2. The number of H-pyrrole nitrogens is 1. The minimum Gasteiger partial charge on any atom is -0.383 e. The second-order valence-electron chi connectivity index (χ2n) is 5.56. The van der Waals surface area contributed by atoms with E-state index in [0.717, 1.165) is 32.1 Å². The fourth-order valence-corrected chi connectivity index (χ4v) is 2.38. The smallest absolute Gasteiger partial charge is 0.330 e. The number of nitrogen functional groups attached to an aromatic ring is 1. The van der Waals surface area contributed by atoms with Gasteiger partial charge in [-0.1, -0.05) is 13.3 Å². The number of nitrogens with two attached hydrogens (primary N) is 1. The lowest BCUT2D eigenvalue weighted by Crippen LogP contribution is -2.45. The van der Waals surface area contributed by atoms with Crippen LogP contribution in [0.25, 0.3) is 0 Å². The zero-order valence-corrected chi connectivity index (χ0v) is 11.6. The number of nitrogens with one attached hydrogen (secondary N) is 2. The van der Waals surface area contributed by atoms with E-state index in [1.165, 1.54) is 4.57 Å². The molecule has 0 amide bonds. The standard InChI is InChI=1S/C13H22N4O2/c1-3-4-8-17-10(14)9(11(18)15-12(17)19)16-13(2)6-5-7-13/h16H,3-8,14H2,1-2H3,(H,15,18,19). The highest BCUT2D eigenvalue weighted by Crippen LogP contribution is 2.34. The lowest BCUT2D eigenvalue weighted by molar-refractivity contribution is 0.306. The summed E-state index contributed by atoms with van der Waals surface area (Å²) in [7, 11) is 0. The summed E-state index contributed by atoms with van der Waals surface area (Å²) in [5, 5.41) is 3.21. The number of nitrogens with zero attached hydrogens (tertiary/aromatic N) is 1. The summed E-state index contributed by atoms with van der Waals surface area (Å²) >= 11 is 0. The lowest BCUT2D eigenvalue weighted by atomic mass is 9.78. The van der Waals surface area contributed by atoms with E-state index in [9.17, 15) is 9.59 Å². The number of aromatic amines is 1. The van der Waals surface area contributed by atoms with Crippen molar-refractivity contribution in [3.05, 3.63) is 20.8 Å². The molecule has 1 aliphatic rings. The first-order chi connectivity index (χ1) is 8.97. The third kappa shape index (κ3) is 2.67. The van der Waals surface area contributed by atoms with Crippen LogP contribution < -0.4 is 22.3 Å². The van der Waals surface area contributed by atoms with Crippen LogP contribution in [0.5, 0.6) is 0 Å². The van der Waals surface area contributed by atoms with Gasteiger partial charge >= 0.3 is 5.69 Å². The number of hydrogen-bond acceptors (Lipinski definition) is 4. The Bertz CT molecular complexity index is 569. The van der Waals surface area contributed by atoms with Gasteiger partial charge in [-0.2, -0.15) is 0 Å². The van der Waals surface area contributed by atoms with Crippen molar-refractivity contribution in [3.63, 3.8) is 0 Å². The van der Waals surface area contributed by atoms with E-state index < -0.39 is 11.2 Å². The predicted octanol–water partition coefficient (Wildman–Crippen LogP) is 1.27. The highest BCUT2D eigenvalue weighted by molar-refractivity contribution is 5.61. The minimum absolute atomic E-state index is 0.0753. The zero-order chi connectivity index (χ0) is 14.0. The molecule has 0 aromatic carbocycles. The summed E-state index contributed by atoms with van der Waals surface area (Å²) in [6.07, 6.45) is 5.00.